The second kappa shape index (κ2) is 7.74. The van der Waals surface area contributed by atoms with E-state index in [1.54, 1.807) is 12.1 Å². The minimum Gasteiger partial charge on any atom is -0.508 e. The molecule has 1 aromatic rings. The fourth-order valence-electron chi connectivity index (χ4n) is 0.910. The average Bonchev–Trinajstić information content (AvgIpc) is 2.17. The molecule has 0 aliphatic rings. The van der Waals surface area contributed by atoms with E-state index in [0.29, 0.717) is 12.1 Å². The van der Waals surface area contributed by atoms with Crippen molar-refractivity contribution >= 4 is 5.91 Å². The molecule has 0 aliphatic carbocycles. The maximum Gasteiger partial charge on any atom is 0.251 e. The molecule has 0 radical (unpaired) electrons. The summed E-state index contributed by atoms with van der Waals surface area (Å²) in [5, 5.41) is 11.7. The Balaban J connectivity index is 0.000000487. The van der Waals surface area contributed by atoms with E-state index >= 15 is 0 Å². The predicted molar refractivity (Wildman–Crippen MR) is 66.6 cm³/mol. The van der Waals surface area contributed by atoms with Crippen LogP contribution in [0.1, 0.15) is 38.1 Å². The summed E-state index contributed by atoms with van der Waals surface area (Å²) in [6.45, 7) is 8.94. The van der Waals surface area contributed by atoms with Crippen molar-refractivity contribution in [2.45, 2.75) is 27.7 Å². The number of carbonyl (C=O) groups excluding carboxylic acids is 1. The summed E-state index contributed by atoms with van der Waals surface area (Å²) in [5.74, 6) is 0.784. The normalized spacial score (nSPS) is 9.31. The fraction of sp³-hybridized carbons (Fsp3) is 0.462. The Bertz CT molecular complexity index is 319. The number of hydrogen-bond acceptors (Lipinski definition) is 2. The number of benzene rings is 1. The zero-order chi connectivity index (χ0) is 12.6. The van der Waals surface area contributed by atoms with Crippen molar-refractivity contribution in [2.75, 3.05) is 6.54 Å². The molecule has 1 amide bonds. The van der Waals surface area contributed by atoms with E-state index in [2.05, 4.69) is 26.1 Å². The van der Waals surface area contributed by atoms with Gasteiger partial charge in [-0.2, -0.15) is 0 Å². The van der Waals surface area contributed by atoms with Gasteiger partial charge in [-0.25, -0.2) is 0 Å². The number of aromatic hydroxyl groups is 1. The van der Waals surface area contributed by atoms with Gasteiger partial charge in [0.15, 0.2) is 0 Å². The van der Waals surface area contributed by atoms with Crippen LogP contribution >= 0.6 is 0 Å². The van der Waals surface area contributed by atoms with Crippen LogP contribution in [0.15, 0.2) is 24.3 Å². The topological polar surface area (TPSA) is 49.3 Å². The molecular weight excluding hydrogens is 202 g/mol. The minimum absolute atomic E-state index is 0.110. The molecule has 1 aromatic carbocycles. The van der Waals surface area contributed by atoms with Gasteiger partial charge in [-0.15, -0.1) is 0 Å². The monoisotopic (exact) mass is 223 g/mol. The zero-order valence-corrected chi connectivity index (χ0v) is 10.4. The van der Waals surface area contributed by atoms with Crippen LogP contribution < -0.4 is 5.32 Å². The smallest absolute Gasteiger partial charge is 0.251 e. The molecule has 3 heteroatoms. The van der Waals surface area contributed by atoms with Gasteiger partial charge in [0.05, 0.1) is 0 Å². The molecule has 0 aliphatic heterocycles. The van der Waals surface area contributed by atoms with Crippen molar-refractivity contribution in [2.24, 2.45) is 5.92 Å². The van der Waals surface area contributed by atoms with E-state index in [-0.39, 0.29) is 11.7 Å². The number of amides is 1. The lowest BCUT2D eigenvalue weighted by Crippen LogP contribution is -2.22. The lowest BCUT2D eigenvalue weighted by atomic mass is 10.2. The number of hydrogen-bond donors (Lipinski definition) is 2. The van der Waals surface area contributed by atoms with Crippen LogP contribution in [0.25, 0.3) is 0 Å². The van der Waals surface area contributed by atoms with Gasteiger partial charge in [-0.3, -0.25) is 4.79 Å². The standard InChI is InChI=1S/C9H11NO2.C4H10/c1-2-10-9(12)7-4-3-5-8(11)6-7;1-4(2)3/h3-6,11H,2H2,1H3,(H,10,12);4H,1-3H3. The molecule has 16 heavy (non-hydrogen) atoms. The van der Waals surface area contributed by atoms with Crippen molar-refractivity contribution in [1.29, 1.82) is 0 Å². The molecule has 0 spiro atoms. The maximum atomic E-state index is 11.2. The van der Waals surface area contributed by atoms with Crippen LogP contribution in [-0.4, -0.2) is 17.6 Å². The highest BCUT2D eigenvalue weighted by Gasteiger charge is 2.02. The molecule has 0 bridgehead atoms. The molecule has 2 N–H and O–H groups in total. The van der Waals surface area contributed by atoms with Crippen molar-refractivity contribution in [1.82, 2.24) is 5.32 Å². The molecule has 90 valence electrons. The summed E-state index contributed by atoms with van der Waals surface area (Å²) in [6.07, 6.45) is 0. The summed E-state index contributed by atoms with van der Waals surface area (Å²) in [7, 11) is 0. The number of nitrogens with one attached hydrogen (secondary N) is 1. The largest absolute Gasteiger partial charge is 0.508 e. The Morgan fingerprint density at radius 2 is 1.94 bits per heavy atom. The zero-order valence-electron chi connectivity index (χ0n) is 10.4. The third-order valence-corrected chi connectivity index (χ3v) is 1.45. The lowest BCUT2D eigenvalue weighted by Gasteiger charge is -2.01. The molecule has 0 saturated carbocycles. The van der Waals surface area contributed by atoms with Crippen LogP contribution in [0.4, 0.5) is 0 Å². The highest BCUT2D eigenvalue weighted by molar-refractivity contribution is 5.94. The number of carbonyl (C=O) groups is 1. The van der Waals surface area contributed by atoms with Gasteiger partial charge in [0.2, 0.25) is 0 Å². The second-order valence-corrected chi connectivity index (χ2v) is 4.14. The molecule has 0 aromatic heterocycles. The van der Waals surface area contributed by atoms with E-state index in [9.17, 15) is 4.79 Å². The van der Waals surface area contributed by atoms with E-state index < -0.39 is 0 Å². The van der Waals surface area contributed by atoms with Crippen LogP contribution in [0.3, 0.4) is 0 Å². The van der Waals surface area contributed by atoms with Crippen LogP contribution in [0.5, 0.6) is 5.75 Å². The quantitative estimate of drug-likeness (QED) is 0.810. The first-order valence-electron chi connectivity index (χ1n) is 5.54. The molecule has 0 atom stereocenters. The van der Waals surface area contributed by atoms with Crippen molar-refractivity contribution in [3.8, 4) is 5.75 Å². The van der Waals surface area contributed by atoms with Crippen molar-refractivity contribution in [3.63, 3.8) is 0 Å². The highest BCUT2D eigenvalue weighted by atomic mass is 16.3. The summed E-state index contributed by atoms with van der Waals surface area (Å²) in [4.78, 5) is 11.2. The molecular formula is C13H21NO2. The van der Waals surface area contributed by atoms with Gasteiger partial charge in [0.25, 0.3) is 5.91 Å². The van der Waals surface area contributed by atoms with Gasteiger partial charge in [0, 0.05) is 12.1 Å². The van der Waals surface area contributed by atoms with Crippen LogP contribution in [-0.2, 0) is 0 Å². The van der Waals surface area contributed by atoms with Crippen LogP contribution in [0, 0.1) is 5.92 Å². The van der Waals surface area contributed by atoms with Gasteiger partial charge in [-0.05, 0) is 31.0 Å². The Kier molecular flexibility index (Phi) is 7.01. The second-order valence-electron chi connectivity index (χ2n) is 4.14. The number of rotatable bonds is 2. The minimum atomic E-state index is -0.159. The Morgan fingerprint density at radius 3 is 2.38 bits per heavy atom. The van der Waals surface area contributed by atoms with Crippen molar-refractivity contribution < 1.29 is 9.90 Å². The number of phenolic OH excluding ortho intramolecular Hbond substituents is 1. The molecule has 0 unspecified atom stereocenters. The molecule has 1 rings (SSSR count). The van der Waals surface area contributed by atoms with Gasteiger partial charge in [0.1, 0.15) is 5.75 Å². The SMILES string of the molecule is CC(C)C.CCNC(=O)c1cccc(O)c1. The van der Waals surface area contributed by atoms with E-state index in [4.69, 9.17) is 5.11 Å². The lowest BCUT2D eigenvalue weighted by molar-refractivity contribution is 0.0955. The fourth-order valence-corrected chi connectivity index (χ4v) is 0.910. The van der Waals surface area contributed by atoms with Gasteiger partial charge >= 0.3 is 0 Å². The Hall–Kier alpha value is -1.51. The first-order chi connectivity index (χ1) is 7.47. The number of phenols is 1. The Labute approximate surface area is 97.5 Å². The van der Waals surface area contributed by atoms with Crippen molar-refractivity contribution in [3.05, 3.63) is 29.8 Å². The first-order valence-corrected chi connectivity index (χ1v) is 5.54. The predicted octanol–water partition coefficient (Wildman–Crippen LogP) is 2.80. The summed E-state index contributed by atoms with van der Waals surface area (Å²) < 4.78 is 0. The van der Waals surface area contributed by atoms with E-state index in [1.165, 1.54) is 12.1 Å². The molecule has 3 nitrogen and oxygen atoms in total. The molecule has 0 fully saturated rings. The summed E-state index contributed by atoms with van der Waals surface area (Å²) in [6, 6.07) is 6.26. The average molecular weight is 223 g/mol. The maximum absolute atomic E-state index is 11.2. The van der Waals surface area contributed by atoms with Gasteiger partial charge < -0.3 is 10.4 Å². The Morgan fingerprint density at radius 1 is 1.38 bits per heavy atom. The third-order valence-electron chi connectivity index (χ3n) is 1.45. The highest BCUT2D eigenvalue weighted by Crippen LogP contribution is 2.10. The van der Waals surface area contributed by atoms with Gasteiger partial charge in [-0.1, -0.05) is 26.8 Å². The van der Waals surface area contributed by atoms with E-state index in [1.807, 2.05) is 6.92 Å². The summed E-state index contributed by atoms with van der Waals surface area (Å²) >= 11 is 0. The molecule has 0 saturated heterocycles. The summed E-state index contributed by atoms with van der Waals surface area (Å²) in [5.41, 5.74) is 0.483. The first kappa shape index (κ1) is 14.5. The third kappa shape index (κ3) is 6.87. The molecule has 0 heterocycles. The van der Waals surface area contributed by atoms with E-state index in [0.717, 1.165) is 5.92 Å². The van der Waals surface area contributed by atoms with Crippen LogP contribution in [0.2, 0.25) is 0 Å².